The molecule has 178 valence electrons. The predicted octanol–water partition coefficient (Wildman–Crippen LogP) is 3.86. The number of aromatic amines is 1. The van der Waals surface area contributed by atoms with Gasteiger partial charge in [0, 0.05) is 32.7 Å². The van der Waals surface area contributed by atoms with E-state index in [0.29, 0.717) is 31.4 Å². The number of carbonyl (C=O) groups excluding carboxylic acids is 1. The molecular formula is C26H22ClN3O4S. The molecule has 0 spiro atoms. The van der Waals surface area contributed by atoms with Crippen molar-refractivity contribution in [2.24, 2.45) is 4.99 Å². The Morgan fingerprint density at radius 2 is 1.97 bits per heavy atom. The summed E-state index contributed by atoms with van der Waals surface area (Å²) in [7, 11) is 2.84. The van der Waals surface area contributed by atoms with Gasteiger partial charge >= 0.3 is 5.97 Å². The molecule has 0 unspecified atom stereocenters. The van der Waals surface area contributed by atoms with E-state index in [0.717, 1.165) is 22.2 Å². The predicted molar refractivity (Wildman–Crippen MR) is 137 cm³/mol. The molecular weight excluding hydrogens is 486 g/mol. The van der Waals surface area contributed by atoms with E-state index in [-0.39, 0.29) is 11.1 Å². The van der Waals surface area contributed by atoms with Crippen molar-refractivity contribution in [3.8, 4) is 5.75 Å². The van der Waals surface area contributed by atoms with Crippen LogP contribution in [0.25, 0.3) is 17.0 Å². The van der Waals surface area contributed by atoms with Crippen LogP contribution < -0.4 is 19.6 Å². The first kappa shape index (κ1) is 23.1. The summed E-state index contributed by atoms with van der Waals surface area (Å²) in [5.74, 6) is -0.0717. The van der Waals surface area contributed by atoms with Gasteiger partial charge in [-0.3, -0.25) is 9.36 Å². The Kier molecular flexibility index (Phi) is 5.86. The van der Waals surface area contributed by atoms with Gasteiger partial charge in [-0.1, -0.05) is 41.1 Å². The maximum absolute atomic E-state index is 13.8. The number of allylic oxidation sites excluding steroid dienone is 1. The third kappa shape index (κ3) is 3.79. The molecule has 5 rings (SSSR count). The van der Waals surface area contributed by atoms with Crippen LogP contribution in [0, 0.1) is 6.92 Å². The zero-order valence-corrected chi connectivity index (χ0v) is 21.1. The van der Waals surface area contributed by atoms with Crippen molar-refractivity contribution in [3.05, 3.63) is 95.3 Å². The van der Waals surface area contributed by atoms with Crippen LogP contribution in [0.5, 0.6) is 5.75 Å². The summed E-state index contributed by atoms with van der Waals surface area (Å²) in [6.07, 6.45) is 1.88. The minimum absolute atomic E-state index is 0.260. The first-order valence-electron chi connectivity index (χ1n) is 10.9. The van der Waals surface area contributed by atoms with Crippen molar-refractivity contribution in [1.29, 1.82) is 0 Å². The second-order valence-electron chi connectivity index (χ2n) is 8.17. The number of esters is 1. The van der Waals surface area contributed by atoms with Crippen molar-refractivity contribution in [1.82, 2.24) is 9.55 Å². The highest BCUT2D eigenvalue weighted by Gasteiger charge is 2.35. The Hall–Kier alpha value is -3.62. The smallest absolute Gasteiger partial charge is 0.338 e. The summed E-state index contributed by atoms with van der Waals surface area (Å²) in [6, 6.07) is 12.2. The number of fused-ring (bicyclic) bond motifs is 2. The number of methoxy groups -OCH3 is 2. The van der Waals surface area contributed by atoms with Crippen molar-refractivity contribution in [2.45, 2.75) is 19.9 Å². The summed E-state index contributed by atoms with van der Waals surface area (Å²) in [5, 5.41) is 1.48. The Morgan fingerprint density at radius 1 is 1.20 bits per heavy atom. The molecule has 35 heavy (non-hydrogen) atoms. The summed E-state index contributed by atoms with van der Waals surface area (Å²) < 4.78 is 12.7. The van der Waals surface area contributed by atoms with Gasteiger partial charge in [0.2, 0.25) is 0 Å². The van der Waals surface area contributed by atoms with E-state index >= 15 is 0 Å². The monoisotopic (exact) mass is 507 g/mol. The van der Waals surface area contributed by atoms with Gasteiger partial charge in [-0.15, -0.1) is 0 Å². The second kappa shape index (κ2) is 8.87. The Labute approximate surface area is 209 Å². The maximum atomic E-state index is 13.8. The van der Waals surface area contributed by atoms with Gasteiger partial charge in [0.05, 0.1) is 30.0 Å². The lowest BCUT2D eigenvalue weighted by Crippen LogP contribution is -2.40. The molecule has 0 saturated carbocycles. The van der Waals surface area contributed by atoms with Gasteiger partial charge in [0.1, 0.15) is 11.8 Å². The van der Waals surface area contributed by atoms with Crippen LogP contribution >= 0.6 is 22.9 Å². The zero-order valence-electron chi connectivity index (χ0n) is 19.5. The molecule has 0 radical (unpaired) electrons. The molecule has 1 aliphatic rings. The van der Waals surface area contributed by atoms with Crippen molar-refractivity contribution in [2.75, 3.05) is 14.2 Å². The number of para-hydroxylation sites is 1. The number of halogens is 1. The molecule has 0 bridgehead atoms. The molecule has 4 aromatic rings. The second-order valence-corrected chi connectivity index (χ2v) is 9.61. The molecule has 1 aliphatic heterocycles. The van der Waals surface area contributed by atoms with E-state index in [9.17, 15) is 9.59 Å². The third-order valence-corrected chi connectivity index (χ3v) is 7.35. The van der Waals surface area contributed by atoms with Gasteiger partial charge < -0.3 is 14.5 Å². The summed E-state index contributed by atoms with van der Waals surface area (Å²) in [5.41, 5.74) is 3.93. The highest BCUT2D eigenvalue weighted by atomic mass is 35.5. The molecule has 0 aliphatic carbocycles. The summed E-state index contributed by atoms with van der Waals surface area (Å²) in [6.45, 7) is 3.71. The average molecular weight is 508 g/mol. The maximum Gasteiger partial charge on any atom is 0.338 e. The number of aromatic nitrogens is 2. The third-order valence-electron chi connectivity index (χ3n) is 6.13. The molecule has 1 atom stereocenters. The molecule has 2 aromatic carbocycles. The average Bonchev–Trinajstić information content (AvgIpc) is 3.33. The standard InChI is InChI=1S/C26H22ClN3O4S/c1-13-17(16-7-5-6-8-19(16)28-13)12-21-24(31)30-23(18-11-15(27)9-10-20(18)33-3)22(25(32)34-4)14(2)29-26(30)35-21/h5-12,23,28H,1-4H3/b21-12-/t23-/m1/s1. The number of nitrogens with zero attached hydrogens (tertiary/aromatic N) is 2. The number of H-pyrrole nitrogens is 1. The molecule has 0 amide bonds. The number of aryl methyl sites for hydroxylation is 1. The van der Waals surface area contributed by atoms with E-state index in [2.05, 4.69) is 9.98 Å². The molecule has 2 aromatic heterocycles. The zero-order chi connectivity index (χ0) is 24.9. The number of ether oxygens (including phenoxy) is 2. The van der Waals surface area contributed by atoms with E-state index in [1.54, 1.807) is 25.1 Å². The fourth-order valence-corrected chi connectivity index (χ4v) is 5.73. The van der Waals surface area contributed by atoms with Crippen LogP contribution in [-0.4, -0.2) is 29.7 Å². The van der Waals surface area contributed by atoms with Crippen LogP contribution in [0.3, 0.4) is 0 Å². The number of hydrogen-bond acceptors (Lipinski definition) is 6. The Morgan fingerprint density at radius 3 is 2.71 bits per heavy atom. The van der Waals surface area contributed by atoms with E-state index in [1.165, 1.54) is 30.1 Å². The molecule has 9 heteroatoms. The summed E-state index contributed by atoms with van der Waals surface area (Å²) >= 11 is 7.60. The number of rotatable bonds is 4. The molecule has 0 saturated heterocycles. The lowest BCUT2D eigenvalue weighted by molar-refractivity contribution is -0.136. The fourth-order valence-electron chi connectivity index (χ4n) is 4.52. The SMILES string of the molecule is COC(=O)C1=C(C)N=c2s/c(=C\c3c(C)[nH]c4ccccc34)c(=O)n2[C@@H]1c1cc(Cl)ccc1OC. The van der Waals surface area contributed by atoms with Gasteiger partial charge in [0.15, 0.2) is 4.80 Å². The normalized spacial score (nSPS) is 15.8. The largest absolute Gasteiger partial charge is 0.496 e. The molecule has 1 N–H and O–H groups in total. The lowest BCUT2D eigenvalue weighted by Gasteiger charge is -2.25. The van der Waals surface area contributed by atoms with E-state index in [1.807, 2.05) is 37.3 Å². The van der Waals surface area contributed by atoms with Crippen LogP contribution in [0.1, 0.15) is 29.8 Å². The Bertz CT molecular complexity index is 1710. The quantitative estimate of drug-likeness (QED) is 0.425. The number of hydrogen-bond donors (Lipinski definition) is 1. The van der Waals surface area contributed by atoms with Crippen LogP contribution in [0.4, 0.5) is 0 Å². The van der Waals surface area contributed by atoms with Crippen molar-refractivity contribution >= 4 is 45.9 Å². The number of nitrogens with one attached hydrogen (secondary N) is 1. The molecule has 0 fully saturated rings. The molecule has 7 nitrogen and oxygen atoms in total. The number of benzene rings is 2. The van der Waals surface area contributed by atoms with Gasteiger partial charge in [-0.2, -0.15) is 0 Å². The summed E-state index contributed by atoms with van der Waals surface area (Å²) in [4.78, 5) is 35.2. The van der Waals surface area contributed by atoms with Gasteiger partial charge in [-0.05, 0) is 44.2 Å². The Balaban J connectivity index is 1.82. The van der Waals surface area contributed by atoms with Crippen molar-refractivity contribution in [3.63, 3.8) is 0 Å². The van der Waals surface area contributed by atoms with Crippen LogP contribution in [-0.2, 0) is 9.53 Å². The highest BCUT2D eigenvalue weighted by molar-refractivity contribution is 7.07. The lowest BCUT2D eigenvalue weighted by atomic mass is 9.95. The topological polar surface area (TPSA) is 85.7 Å². The van der Waals surface area contributed by atoms with Gasteiger partial charge in [0.25, 0.3) is 5.56 Å². The molecule has 3 heterocycles. The first-order valence-corrected chi connectivity index (χ1v) is 12.0. The van der Waals surface area contributed by atoms with E-state index < -0.39 is 12.0 Å². The minimum atomic E-state index is -0.807. The fraction of sp³-hybridized carbons (Fsp3) is 0.192. The van der Waals surface area contributed by atoms with Crippen molar-refractivity contribution < 1.29 is 14.3 Å². The number of thiazole rings is 1. The first-order chi connectivity index (χ1) is 16.8. The van der Waals surface area contributed by atoms with Crippen LogP contribution in [0.2, 0.25) is 5.02 Å². The highest BCUT2D eigenvalue weighted by Crippen LogP contribution is 2.37. The minimum Gasteiger partial charge on any atom is -0.496 e. The van der Waals surface area contributed by atoms with Crippen LogP contribution in [0.15, 0.2) is 63.5 Å². The number of carbonyl (C=O) groups is 1. The van der Waals surface area contributed by atoms with Gasteiger partial charge in [-0.25, -0.2) is 9.79 Å². The van der Waals surface area contributed by atoms with E-state index in [4.69, 9.17) is 21.1 Å².